The lowest BCUT2D eigenvalue weighted by Gasteiger charge is -2.35. The second kappa shape index (κ2) is 6.13. The van der Waals surface area contributed by atoms with E-state index >= 15 is 0 Å². The molecule has 2 rings (SSSR count). The van der Waals surface area contributed by atoms with Gasteiger partial charge >= 0.3 is 5.97 Å². The SMILES string of the molecule is CN(C)C1CCCCC1OC(=O)c1ccc(N)cc1O. The highest BCUT2D eigenvalue weighted by molar-refractivity contribution is 5.93. The van der Waals surface area contributed by atoms with Gasteiger partial charge in [-0.25, -0.2) is 4.79 Å². The van der Waals surface area contributed by atoms with Gasteiger partial charge in [0.05, 0.1) is 0 Å². The number of nitrogens with zero attached hydrogens (tertiary/aromatic N) is 1. The molecule has 1 aromatic carbocycles. The van der Waals surface area contributed by atoms with Crippen LogP contribution < -0.4 is 5.73 Å². The molecule has 3 N–H and O–H groups in total. The number of benzene rings is 1. The molecule has 2 atom stereocenters. The van der Waals surface area contributed by atoms with Gasteiger partial charge in [-0.1, -0.05) is 6.42 Å². The van der Waals surface area contributed by atoms with Gasteiger partial charge in [-0.3, -0.25) is 0 Å². The molecule has 2 unspecified atom stereocenters. The van der Waals surface area contributed by atoms with Crippen LogP contribution in [-0.4, -0.2) is 42.2 Å². The Morgan fingerprint density at radius 2 is 2.05 bits per heavy atom. The summed E-state index contributed by atoms with van der Waals surface area (Å²) in [5, 5.41) is 9.78. The van der Waals surface area contributed by atoms with Gasteiger partial charge in [0.2, 0.25) is 0 Å². The number of carbonyl (C=O) groups excluding carboxylic acids is 1. The van der Waals surface area contributed by atoms with Crippen molar-refractivity contribution in [2.75, 3.05) is 19.8 Å². The summed E-state index contributed by atoms with van der Waals surface area (Å²) in [5.41, 5.74) is 6.14. The maximum Gasteiger partial charge on any atom is 0.342 e. The fourth-order valence-corrected chi connectivity index (χ4v) is 2.73. The number of ether oxygens (including phenoxy) is 1. The van der Waals surface area contributed by atoms with Gasteiger partial charge in [0.25, 0.3) is 0 Å². The van der Waals surface area contributed by atoms with E-state index in [2.05, 4.69) is 4.90 Å². The highest BCUT2D eigenvalue weighted by Gasteiger charge is 2.30. The van der Waals surface area contributed by atoms with E-state index in [4.69, 9.17) is 10.5 Å². The molecular weight excluding hydrogens is 256 g/mol. The molecule has 0 amide bonds. The van der Waals surface area contributed by atoms with Crippen LogP contribution in [-0.2, 0) is 4.74 Å². The molecule has 1 saturated carbocycles. The third-order valence-electron chi connectivity index (χ3n) is 3.83. The van der Waals surface area contributed by atoms with Crippen molar-refractivity contribution in [1.82, 2.24) is 4.90 Å². The van der Waals surface area contributed by atoms with Crippen molar-refractivity contribution in [3.8, 4) is 5.75 Å². The van der Waals surface area contributed by atoms with Crippen molar-refractivity contribution in [3.63, 3.8) is 0 Å². The van der Waals surface area contributed by atoms with Gasteiger partial charge in [0.1, 0.15) is 17.4 Å². The molecule has 1 fully saturated rings. The maximum absolute atomic E-state index is 12.2. The van der Waals surface area contributed by atoms with Gasteiger partial charge in [-0.15, -0.1) is 0 Å². The highest BCUT2D eigenvalue weighted by Crippen LogP contribution is 2.27. The van der Waals surface area contributed by atoms with Crippen LogP contribution in [0.3, 0.4) is 0 Å². The van der Waals surface area contributed by atoms with Crippen LogP contribution in [0.15, 0.2) is 18.2 Å². The number of phenolic OH excluding ortho intramolecular Hbond substituents is 1. The molecule has 5 nitrogen and oxygen atoms in total. The van der Waals surface area contributed by atoms with E-state index < -0.39 is 5.97 Å². The number of anilines is 1. The minimum absolute atomic E-state index is 0.122. The lowest BCUT2D eigenvalue weighted by atomic mass is 9.91. The summed E-state index contributed by atoms with van der Waals surface area (Å²) in [5.74, 6) is -0.617. The molecule has 1 aliphatic rings. The van der Waals surface area contributed by atoms with Gasteiger partial charge in [-0.05, 0) is 45.5 Å². The molecule has 0 bridgehead atoms. The molecule has 0 spiro atoms. The largest absolute Gasteiger partial charge is 0.507 e. The second-order valence-corrected chi connectivity index (χ2v) is 5.54. The summed E-state index contributed by atoms with van der Waals surface area (Å²) in [6.45, 7) is 0. The first-order chi connectivity index (χ1) is 9.49. The van der Waals surface area contributed by atoms with Crippen molar-refractivity contribution in [2.24, 2.45) is 0 Å². The number of hydrogen-bond acceptors (Lipinski definition) is 5. The summed E-state index contributed by atoms with van der Waals surface area (Å²) in [7, 11) is 4.00. The van der Waals surface area contributed by atoms with E-state index in [9.17, 15) is 9.90 Å². The Balaban J connectivity index is 2.09. The van der Waals surface area contributed by atoms with E-state index in [0.717, 1.165) is 25.7 Å². The van der Waals surface area contributed by atoms with E-state index in [1.165, 1.54) is 12.1 Å². The summed E-state index contributed by atoms with van der Waals surface area (Å²) in [6, 6.07) is 4.69. The van der Waals surface area contributed by atoms with Crippen molar-refractivity contribution >= 4 is 11.7 Å². The van der Waals surface area contributed by atoms with Crippen molar-refractivity contribution in [2.45, 2.75) is 37.8 Å². The summed E-state index contributed by atoms with van der Waals surface area (Å²) in [4.78, 5) is 14.3. The Morgan fingerprint density at radius 3 is 2.70 bits per heavy atom. The molecule has 0 heterocycles. The molecule has 0 aliphatic heterocycles. The molecular formula is C15H22N2O3. The van der Waals surface area contributed by atoms with E-state index in [1.54, 1.807) is 6.07 Å². The number of likely N-dealkylation sites (N-methyl/N-ethyl adjacent to an activating group) is 1. The van der Waals surface area contributed by atoms with Crippen LogP contribution in [0.2, 0.25) is 0 Å². The second-order valence-electron chi connectivity index (χ2n) is 5.54. The zero-order valence-corrected chi connectivity index (χ0v) is 12.0. The molecule has 110 valence electrons. The Labute approximate surface area is 119 Å². The molecule has 1 aliphatic carbocycles. The van der Waals surface area contributed by atoms with E-state index in [0.29, 0.717) is 5.69 Å². The number of hydrogen-bond donors (Lipinski definition) is 2. The van der Waals surface area contributed by atoms with Crippen molar-refractivity contribution in [3.05, 3.63) is 23.8 Å². The number of esters is 1. The summed E-state index contributed by atoms with van der Waals surface area (Å²) in [6.07, 6.45) is 3.99. The third-order valence-corrected chi connectivity index (χ3v) is 3.83. The number of aromatic hydroxyl groups is 1. The summed E-state index contributed by atoms with van der Waals surface area (Å²) < 4.78 is 5.59. The zero-order chi connectivity index (χ0) is 14.7. The maximum atomic E-state index is 12.2. The van der Waals surface area contributed by atoms with Crippen molar-refractivity contribution in [1.29, 1.82) is 0 Å². The van der Waals surface area contributed by atoms with Crippen LogP contribution in [0.5, 0.6) is 5.75 Å². The molecule has 20 heavy (non-hydrogen) atoms. The predicted octanol–water partition coefficient (Wildman–Crippen LogP) is 2.00. The standard InChI is InChI=1S/C15H22N2O3/c1-17(2)12-5-3-4-6-14(12)20-15(19)11-8-7-10(16)9-13(11)18/h7-9,12,14,18H,3-6,16H2,1-2H3. The minimum atomic E-state index is -0.485. The van der Waals surface area contributed by atoms with Crippen LogP contribution in [0.4, 0.5) is 5.69 Å². The highest BCUT2D eigenvalue weighted by atomic mass is 16.5. The normalized spacial score (nSPS) is 22.8. The van der Waals surface area contributed by atoms with Crippen LogP contribution in [0, 0.1) is 0 Å². The molecule has 5 heteroatoms. The van der Waals surface area contributed by atoms with Crippen molar-refractivity contribution < 1.29 is 14.6 Å². The zero-order valence-electron chi connectivity index (χ0n) is 12.0. The average molecular weight is 278 g/mol. The fourth-order valence-electron chi connectivity index (χ4n) is 2.73. The van der Waals surface area contributed by atoms with Gasteiger partial charge in [-0.2, -0.15) is 0 Å². The number of carbonyl (C=O) groups is 1. The first-order valence-corrected chi connectivity index (χ1v) is 6.95. The Morgan fingerprint density at radius 1 is 1.35 bits per heavy atom. The smallest absolute Gasteiger partial charge is 0.342 e. The average Bonchev–Trinajstić information content (AvgIpc) is 2.38. The molecule has 0 aromatic heterocycles. The van der Waals surface area contributed by atoms with Gasteiger partial charge in [0.15, 0.2) is 0 Å². The van der Waals surface area contributed by atoms with Crippen LogP contribution in [0.25, 0.3) is 0 Å². The first kappa shape index (κ1) is 14.7. The lowest BCUT2D eigenvalue weighted by Crippen LogP contribution is -2.43. The number of phenols is 1. The predicted molar refractivity (Wildman–Crippen MR) is 77.7 cm³/mol. The number of nitrogen functional groups attached to an aromatic ring is 1. The quantitative estimate of drug-likeness (QED) is 0.653. The van der Waals surface area contributed by atoms with E-state index in [-0.39, 0.29) is 23.5 Å². The topological polar surface area (TPSA) is 75.8 Å². The third kappa shape index (κ3) is 3.22. The van der Waals surface area contributed by atoms with Gasteiger partial charge < -0.3 is 20.5 Å². The molecule has 0 saturated heterocycles. The van der Waals surface area contributed by atoms with Gasteiger partial charge in [0, 0.05) is 17.8 Å². The first-order valence-electron chi connectivity index (χ1n) is 6.95. The number of nitrogens with two attached hydrogens (primary N) is 1. The van der Waals surface area contributed by atoms with E-state index in [1.807, 2.05) is 14.1 Å². The lowest BCUT2D eigenvalue weighted by molar-refractivity contribution is -0.00738. The fraction of sp³-hybridized carbons (Fsp3) is 0.533. The van der Waals surface area contributed by atoms with Crippen LogP contribution >= 0.6 is 0 Å². The monoisotopic (exact) mass is 278 g/mol. The number of rotatable bonds is 3. The molecule has 1 aromatic rings. The van der Waals surface area contributed by atoms with Crippen LogP contribution in [0.1, 0.15) is 36.0 Å². The molecule has 0 radical (unpaired) electrons. The Bertz CT molecular complexity index is 488. The minimum Gasteiger partial charge on any atom is -0.507 e. The Hall–Kier alpha value is -1.75. The Kier molecular flexibility index (Phi) is 4.49. The summed E-state index contributed by atoms with van der Waals surface area (Å²) >= 11 is 0.